The Labute approximate surface area is 82.1 Å². The van der Waals surface area contributed by atoms with Gasteiger partial charge in [-0.2, -0.15) is 0 Å². The lowest BCUT2D eigenvalue weighted by Gasteiger charge is -2.02. The number of rotatable bonds is 2. The zero-order valence-electron chi connectivity index (χ0n) is 7.91. The van der Waals surface area contributed by atoms with E-state index in [4.69, 9.17) is 5.73 Å². The molecule has 1 aromatic rings. The summed E-state index contributed by atoms with van der Waals surface area (Å²) in [6.07, 6.45) is 0. The minimum absolute atomic E-state index is 0.321. The van der Waals surface area contributed by atoms with Gasteiger partial charge in [-0.15, -0.1) is 0 Å². The summed E-state index contributed by atoms with van der Waals surface area (Å²) in [5.74, 6) is -1.72. The van der Waals surface area contributed by atoms with Crippen molar-refractivity contribution < 1.29 is 9.59 Å². The first-order valence-corrected chi connectivity index (χ1v) is 4.23. The summed E-state index contributed by atoms with van der Waals surface area (Å²) >= 11 is 0. The van der Waals surface area contributed by atoms with Gasteiger partial charge in [-0.1, -0.05) is 29.8 Å². The Bertz CT molecular complexity index is 344. The van der Waals surface area contributed by atoms with Crippen LogP contribution in [-0.4, -0.2) is 11.8 Å². The van der Waals surface area contributed by atoms with E-state index in [1.165, 1.54) is 0 Å². The van der Waals surface area contributed by atoms with Crippen LogP contribution in [0.15, 0.2) is 24.3 Å². The first kappa shape index (κ1) is 10.2. The first-order valence-electron chi connectivity index (χ1n) is 4.23. The predicted molar refractivity (Wildman–Crippen MR) is 52.2 cm³/mol. The molecule has 0 aromatic heterocycles. The van der Waals surface area contributed by atoms with Crippen LogP contribution in [-0.2, 0) is 16.1 Å². The van der Waals surface area contributed by atoms with Crippen molar-refractivity contribution in [2.24, 2.45) is 5.73 Å². The van der Waals surface area contributed by atoms with Gasteiger partial charge < -0.3 is 11.1 Å². The Morgan fingerprint density at radius 2 is 1.86 bits per heavy atom. The highest BCUT2D eigenvalue weighted by molar-refractivity contribution is 6.34. The molecule has 4 heteroatoms. The normalized spacial score (nSPS) is 9.50. The van der Waals surface area contributed by atoms with E-state index in [0.717, 1.165) is 11.1 Å². The molecule has 0 saturated heterocycles. The summed E-state index contributed by atoms with van der Waals surface area (Å²) in [5.41, 5.74) is 6.86. The monoisotopic (exact) mass is 192 g/mol. The number of nitrogens with two attached hydrogens (primary N) is 1. The fourth-order valence-electron chi connectivity index (χ4n) is 0.975. The molecule has 0 spiro atoms. The molecular weight excluding hydrogens is 180 g/mol. The van der Waals surface area contributed by atoms with Gasteiger partial charge in [-0.3, -0.25) is 9.59 Å². The second-order valence-corrected chi connectivity index (χ2v) is 3.03. The molecule has 0 heterocycles. The second kappa shape index (κ2) is 4.41. The molecule has 2 amide bonds. The van der Waals surface area contributed by atoms with E-state index in [-0.39, 0.29) is 0 Å². The number of aryl methyl sites for hydroxylation is 1. The molecule has 0 aliphatic carbocycles. The Morgan fingerprint density at radius 1 is 1.29 bits per heavy atom. The Balaban J connectivity index is 2.50. The lowest BCUT2D eigenvalue weighted by atomic mass is 10.1. The van der Waals surface area contributed by atoms with E-state index in [9.17, 15) is 9.59 Å². The van der Waals surface area contributed by atoms with Crippen molar-refractivity contribution in [3.8, 4) is 0 Å². The highest BCUT2D eigenvalue weighted by Crippen LogP contribution is 2.01. The lowest BCUT2D eigenvalue weighted by molar-refractivity contribution is -0.137. The largest absolute Gasteiger partial charge is 0.361 e. The Morgan fingerprint density at radius 3 is 2.36 bits per heavy atom. The number of carbonyl (C=O) groups is 2. The zero-order chi connectivity index (χ0) is 10.6. The number of hydrogen-bond acceptors (Lipinski definition) is 2. The Hall–Kier alpha value is -1.84. The molecule has 1 rings (SSSR count). The summed E-state index contributed by atoms with van der Waals surface area (Å²) in [5, 5.41) is 2.40. The van der Waals surface area contributed by atoms with E-state index in [1.807, 2.05) is 31.2 Å². The van der Waals surface area contributed by atoms with Gasteiger partial charge in [0.2, 0.25) is 0 Å². The third kappa shape index (κ3) is 2.90. The van der Waals surface area contributed by atoms with Crippen molar-refractivity contribution in [2.75, 3.05) is 0 Å². The quantitative estimate of drug-likeness (QED) is 0.652. The molecule has 0 saturated carbocycles. The van der Waals surface area contributed by atoms with Crippen molar-refractivity contribution >= 4 is 11.8 Å². The highest BCUT2D eigenvalue weighted by atomic mass is 16.2. The molecule has 0 bridgehead atoms. The smallest absolute Gasteiger partial charge is 0.309 e. The number of nitrogens with one attached hydrogen (secondary N) is 1. The van der Waals surface area contributed by atoms with E-state index in [1.54, 1.807) is 0 Å². The third-order valence-electron chi connectivity index (χ3n) is 1.80. The van der Waals surface area contributed by atoms with Crippen LogP contribution < -0.4 is 11.1 Å². The molecule has 0 atom stereocenters. The Kier molecular flexibility index (Phi) is 3.23. The second-order valence-electron chi connectivity index (χ2n) is 3.03. The van der Waals surface area contributed by atoms with Crippen molar-refractivity contribution in [3.63, 3.8) is 0 Å². The maximum Gasteiger partial charge on any atom is 0.309 e. The summed E-state index contributed by atoms with van der Waals surface area (Å²) in [6, 6.07) is 7.64. The molecule has 14 heavy (non-hydrogen) atoms. The summed E-state index contributed by atoms with van der Waals surface area (Å²) in [7, 11) is 0. The van der Waals surface area contributed by atoms with Gasteiger partial charge in [0, 0.05) is 6.54 Å². The third-order valence-corrected chi connectivity index (χ3v) is 1.80. The first-order chi connectivity index (χ1) is 6.59. The van der Waals surface area contributed by atoms with Gasteiger partial charge >= 0.3 is 11.8 Å². The molecule has 74 valence electrons. The molecule has 0 aliphatic rings. The molecular formula is C10H12N2O2. The SMILES string of the molecule is Cc1ccc(CNC(=O)C(N)=O)cc1. The standard InChI is InChI=1S/C10H12N2O2/c1-7-2-4-8(5-3-7)6-12-10(14)9(11)13/h2-5H,6H2,1H3,(H2,11,13)(H,12,14). The maximum atomic E-state index is 10.8. The van der Waals surface area contributed by atoms with Crippen LogP contribution in [0.1, 0.15) is 11.1 Å². The van der Waals surface area contributed by atoms with Crippen molar-refractivity contribution in [2.45, 2.75) is 13.5 Å². The van der Waals surface area contributed by atoms with Gasteiger partial charge in [-0.25, -0.2) is 0 Å². The van der Waals surface area contributed by atoms with Gasteiger partial charge in [-0.05, 0) is 12.5 Å². The minimum atomic E-state index is -0.961. The van der Waals surface area contributed by atoms with Crippen molar-refractivity contribution in [1.82, 2.24) is 5.32 Å². The molecule has 3 N–H and O–H groups in total. The predicted octanol–water partition coefficient (Wildman–Crippen LogP) is 0.0965. The van der Waals surface area contributed by atoms with Gasteiger partial charge in [0.25, 0.3) is 0 Å². The van der Waals surface area contributed by atoms with Crippen LogP contribution in [0.2, 0.25) is 0 Å². The molecule has 0 unspecified atom stereocenters. The topological polar surface area (TPSA) is 72.2 Å². The minimum Gasteiger partial charge on any atom is -0.361 e. The number of benzene rings is 1. The summed E-state index contributed by atoms with van der Waals surface area (Å²) < 4.78 is 0. The number of amides is 2. The molecule has 0 fully saturated rings. The average molecular weight is 192 g/mol. The van der Waals surface area contributed by atoms with Crippen LogP contribution in [0.25, 0.3) is 0 Å². The van der Waals surface area contributed by atoms with Crippen molar-refractivity contribution in [1.29, 1.82) is 0 Å². The molecule has 1 aromatic carbocycles. The van der Waals surface area contributed by atoms with E-state index in [0.29, 0.717) is 6.54 Å². The van der Waals surface area contributed by atoms with Crippen molar-refractivity contribution in [3.05, 3.63) is 35.4 Å². The van der Waals surface area contributed by atoms with Gasteiger partial charge in [0.15, 0.2) is 0 Å². The van der Waals surface area contributed by atoms with E-state index >= 15 is 0 Å². The molecule has 4 nitrogen and oxygen atoms in total. The summed E-state index contributed by atoms with van der Waals surface area (Å²) in [4.78, 5) is 21.2. The van der Waals surface area contributed by atoms with Gasteiger partial charge in [0.1, 0.15) is 0 Å². The number of primary amides is 1. The van der Waals surface area contributed by atoms with Gasteiger partial charge in [0.05, 0.1) is 0 Å². The zero-order valence-corrected chi connectivity index (χ0v) is 7.91. The fraction of sp³-hybridized carbons (Fsp3) is 0.200. The van der Waals surface area contributed by atoms with Crippen LogP contribution in [0.4, 0.5) is 0 Å². The van der Waals surface area contributed by atoms with Crippen LogP contribution in [0.3, 0.4) is 0 Å². The fourth-order valence-corrected chi connectivity index (χ4v) is 0.975. The van der Waals surface area contributed by atoms with E-state index in [2.05, 4.69) is 5.32 Å². The van der Waals surface area contributed by atoms with Crippen LogP contribution in [0, 0.1) is 6.92 Å². The molecule has 0 aliphatic heterocycles. The van der Waals surface area contributed by atoms with Crippen LogP contribution in [0.5, 0.6) is 0 Å². The number of hydrogen-bond donors (Lipinski definition) is 2. The summed E-state index contributed by atoms with van der Waals surface area (Å²) in [6.45, 7) is 2.30. The van der Waals surface area contributed by atoms with E-state index < -0.39 is 11.8 Å². The highest BCUT2D eigenvalue weighted by Gasteiger charge is 2.06. The van der Waals surface area contributed by atoms with Crippen LogP contribution >= 0.6 is 0 Å². The lowest BCUT2D eigenvalue weighted by Crippen LogP contribution is -2.35. The average Bonchev–Trinajstić information content (AvgIpc) is 2.16. The maximum absolute atomic E-state index is 10.8. The number of carbonyl (C=O) groups excluding carboxylic acids is 2. The molecule has 0 radical (unpaired) electrons.